The topological polar surface area (TPSA) is 118 Å². The summed E-state index contributed by atoms with van der Waals surface area (Å²) >= 11 is 0. The molecule has 1 aromatic rings. The Labute approximate surface area is 110 Å². The number of anilines is 1. The number of non-ortho nitro benzene ring substituents is 1. The Kier molecular flexibility index (Phi) is 4.82. The predicted octanol–water partition coefficient (Wildman–Crippen LogP) is 1.61. The first-order valence-electron chi connectivity index (χ1n) is 5.85. The number of hydrogen-bond donors (Lipinski definition) is 3. The van der Waals surface area contributed by atoms with E-state index in [1.54, 1.807) is 0 Å². The molecule has 0 saturated carbocycles. The van der Waals surface area contributed by atoms with Crippen molar-refractivity contribution in [2.24, 2.45) is 11.7 Å². The summed E-state index contributed by atoms with van der Waals surface area (Å²) in [5, 5.41) is 22.5. The third-order valence-corrected chi connectivity index (χ3v) is 2.51. The van der Waals surface area contributed by atoms with E-state index in [1.165, 1.54) is 12.1 Å². The molecule has 0 aliphatic carbocycles. The Morgan fingerprint density at radius 2 is 2.16 bits per heavy atom. The highest BCUT2D eigenvalue weighted by atomic mass is 16.6. The summed E-state index contributed by atoms with van der Waals surface area (Å²) < 4.78 is 0. The van der Waals surface area contributed by atoms with Crippen molar-refractivity contribution in [1.82, 2.24) is 0 Å². The number of rotatable bonds is 5. The van der Waals surface area contributed by atoms with Crippen LogP contribution in [0.25, 0.3) is 0 Å². The number of hydrogen-bond acceptors (Lipinski definition) is 5. The van der Waals surface area contributed by atoms with Gasteiger partial charge in [-0.1, -0.05) is 13.8 Å². The maximum absolute atomic E-state index is 11.7. The van der Waals surface area contributed by atoms with Crippen molar-refractivity contribution >= 4 is 17.3 Å². The lowest BCUT2D eigenvalue weighted by Crippen LogP contribution is -2.36. The molecule has 0 saturated heterocycles. The van der Waals surface area contributed by atoms with E-state index in [4.69, 9.17) is 5.73 Å². The zero-order valence-electron chi connectivity index (χ0n) is 10.8. The molecule has 0 fully saturated rings. The van der Waals surface area contributed by atoms with Crippen LogP contribution < -0.4 is 11.1 Å². The molecule has 4 N–H and O–H groups in total. The number of nitrogens with zero attached hydrogens (tertiary/aromatic N) is 1. The molecule has 7 heteroatoms. The van der Waals surface area contributed by atoms with Gasteiger partial charge in [-0.2, -0.15) is 0 Å². The molecule has 1 aromatic carbocycles. The Hall–Kier alpha value is -2.15. The van der Waals surface area contributed by atoms with Gasteiger partial charge in [0.05, 0.1) is 22.7 Å². The molecule has 1 atom stereocenters. The number of nitrogens with one attached hydrogen (secondary N) is 1. The van der Waals surface area contributed by atoms with Crippen molar-refractivity contribution in [3.05, 3.63) is 28.3 Å². The van der Waals surface area contributed by atoms with Crippen LogP contribution in [0.15, 0.2) is 18.2 Å². The first-order valence-corrected chi connectivity index (χ1v) is 5.85. The zero-order chi connectivity index (χ0) is 14.6. The third-order valence-electron chi connectivity index (χ3n) is 2.51. The largest absolute Gasteiger partial charge is 0.506 e. The summed E-state index contributed by atoms with van der Waals surface area (Å²) in [4.78, 5) is 21.6. The predicted molar refractivity (Wildman–Crippen MR) is 70.8 cm³/mol. The van der Waals surface area contributed by atoms with Crippen LogP contribution in [0, 0.1) is 16.0 Å². The molecule has 1 amide bonds. The highest BCUT2D eigenvalue weighted by molar-refractivity contribution is 5.96. The van der Waals surface area contributed by atoms with Gasteiger partial charge in [0.1, 0.15) is 5.75 Å². The van der Waals surface area contributed by atoms with Crippen molar-refractivity contribution in [3.63, 3.8) is 0 Å². The molecule has 0 aliphatic rings. The van der Waals surface area contributed by atoms with Crippen LogP contribution in [0.2, 0.25) is 0 Å². The van der Waals surface area contributed by atoms with Gasteiger partial charge in [0.15, 0.2) is 0 Å². The Morgan fingerprint density at radius 1 is 1.53 bits per heavy atom. The van der Waals surface area contributed by atoms with Crippen molar-refractivity contribution in [1.29, 1.82) is 0 Å². The molecular weight excluding hydrogens is 250 g/mol. The van der Waals surface area contributed by atoms with E-state index in [1.807, 2.05) is 13.8 Å². The fraction of sp³-hybridized carbons (Fsp3) is 0.417. The minimum atomic E-state index is -0.686. The molecule has 1 rings (SSSR count). The number of phenols is 1. The Balaban J connectivity index is 2.77. The van der Waals surface area contributed by atoms with Crippen LogP contribution in [0.5, 0.6) is 5.75 Å². The quantitative estimate of drug-likeness (QED) is 0.425. The van der Waals surface area contributed by atoms with Crippen LogP contribution in [0.4, 0.5) is 11.4 Å². The standard InChI is InChI=1S/C12H17N3O4/c1-7(2)5-9(13)12(17)14-10-4-3-8(15(18)19)6-11(10)16/h3-4,6-7,9,16H,5,13H2,1-2H3,(H,14,17)/t9-/m0/s1. The lowest BCUT2D eigenvalue weighted by molar-refractivity contribution is -0.384. The van der Waals surface area contributed by atoms with Gasteiger partial charge in [0.2, 0.25) is 5.91 Å². The minimum Gasteiger partial charge on any atom is -0.506 e. The van der Waals surface area contributed by atoms with E-state index in [0.717, 1.165) is 6.07 Å². The van der Waals surface area contributed by atoms with Gasteiger partial charge in [-0.05, 0) is 18.4 Å². The van der Waals surface area contributed by atoms with E-state index in [2.05, 4.69) is 5.32 Å². The summed E-state index contributed by atoms with van der Waals surface area (Å²) in [6.45, 7) is 3.88. The summed E-state index contributed by atoms with van der Waals surface area (Å²) in [6.07, 6.45) is 0.513. The van der Waals surface area contributed by atoms with Gasteiger partial charge in [-0.15, -0.1) is 0 Å². The van der Waals surface area contributed by atoms with Gasteiger partial charge in [0.25, 0.3) is 5.69 Å². The maximum atomic E-state index is 11.7. The monoisotopic (exact) mass is 267 g/mol. The van der Waals surface area contributed by atoms with Crippen molar-refractivity contribution in [2.45, 2.75) is 26.3 Å². The minimum absolute atomic E-state index is 0.106. The smallest absolute Gasteiger partial charge is 0.273 e. The number of benzene rings is 1. The number of nitro groups is 1. The van der Waals surface area contributed by atoms with Gasteiger partial charge in [-0.3, -0.25) is 14.9 Å². The molecule has 0 radical (unpaired) electrons. The number of nitrogens with two attached hydrogens (primary N) is 1. The van der Waals surface area contributed by atoms with Gasteiger partial charge in [-0.25, -0.2) is 0 Å². The molecule has 0 spiro atoms. The van der Waals surface area contributed by atoms with Crippen molar-refractivity contribution in [3.8, 4) is 5.75 Å². The fourth-order valence-corrected chi connectivity index (χ4v) is 1.58. The van der Waals surface area contributed by atoms with E-state index in [9.17, 15) is 20.0 Å². The number of aromatic hydroxyl groups is 1. The maximum Gasteiger partial charge on any atom is 0.273 e. The molecule has 0 heterocycles. The van der Waals surface area contributed by atoms with Crippen molar-refractivity contribution < 1.29 is 14.8 Å². The van der Waals surface area contributed by atoms with Gasteiger partial charge in [0, 0.05) is 6.07 Å². The second-order valence-corrected chi connectivity index (χ2v) is 4.68. The summed E-state index contributed by atoms with van der Waals surface area (Å²) in [5.41, 5.74) is 5.55. The van der Waals surface area contributed by atoms with Crippen LogP contribution in [0.3, 0.4) is 0 Å². The van der Waals surface area contributed by atoms with Crippen LogP contribution in [-0.2, 0) is 4.79 Å². The molecule has 0 aromatic heterocycles. The molecule has 0 aliphatic heterocycles. The number of amides is 1. The average Bonchev–Trinajstić information content (AvgIpc) is 2.30. The van der Waals surface area contributed by atoms with E-state index in [0.29, 0.717) is 6.42 Å². The highest BCUT2D eigenvalue weighted by Crippen LogP contribution is 2.27. The highest BCUT2D eigenvalue weighted by Gasteiger charge is 2.17. The summed E-state index contributed by atoms with van der Waals surface area (Å²) in [6, 6.07) is 2.76. The SMILES string of the molecule is CC(C)C[C@H](N)C(=O)Nc1ccc([N+](=O)[O-])cc1O. The van der Waals surface area contributed by atoms with E-state index < -0.39 is 16.9 Å². The Morgan fingerprint density at radius 3 is 2.63 bits per heavy atom. The molecular formula is C12H17N3O4. The van der Waals surface area contributed by atoms with Gasteiger partial charge >= 0.3 is 0 Å². The van der Waals surface area contributed by atoms with Crippen LogP contribution >= 0.6 is 0 Å². The van der Waals surface area contributed by atoms with Gasteiger partial charge < -0.3 is 16.2 Å². The number of carbonyl (C=O) groups excluding carboxylic acids is 1. The molecule has 104 valence electrons. The lowest BCUT2D eigenvalue weighted by atomic mass is 10.0. The normalized spacial score (nSPS) is 12.2. The van der Waals surface area contributed by atoms with E-state index >= 15 is 0 Å². The number of phenolic OH excluding ortho intramolecular Hbond substituents is 1. The third kappa shape index (κ3) is 4.22. The molecule has 0 bridgehead atoms. The second-order valence-electron chi connectivity index (χ2n) is 4.68. The number of nitro benzene ring substituents is 1. The number of carbonyl (C=O) groups is 1. The summed E-state index contributed by atoms with van der Waals surface area (Å²) in [5.74, 6) is -0.525. The van der Waals surface area contributed by atoms with E-state index in [-0.39, 0.29) is 23.0 Å². The molecule has 0 unspecified atom stereocenters. The van der Waals surface area contributed by atoms with Crippen LogP contribution in [0.1, 0.15) is 20.3 Å². The first kappa shape index (κ1) is 14.9. The first-order chi connectivity index (χ1) is 8.81. The van der Waals surface area contributed by atoms with Crippen LogP contribution in [-0.4, -0.2) is 22.0 Å². The van der Waals surface area contributed by atoms with Crippen molar-refractivity contribution in [2.75, 3.05) is 5.32 Å². The molecule has 7 nitrogen and oxygen atoms in total. The average molecular weight is 267 g/mol. The second kappa shape index (κ2) is 6.14. The fourth-order valence-electron chi connectivity index (χ4n) is 1.58. The summed E-state index contributed by atoms with van der Waals surface area (Å²) in [7, 11) is 0. The lowest BCUT2D eigenvalue weighted by Gasteiger charge is -2.14. The Bertz CT molecular complexity index is 488. The zero-order valence-corrected chi connectivity index (χ0v) is 10.8. The molecule has 19 heavy (non-hydrogen) atoms.